The van der Waals surface area contributed by atoms with Crippen LogP contribution in [0.25, 0.3) is 44.5 Å². The average Bonchev–Trinajstić information content (AvgIpc) is 2.86. The van der Waals surface area contributed by atoms with Gasteiger partial charge in [-0.25, -0.2) is 0 Å². The van der Waals surface area contributed by atoms with Gasteiger partial charge in [-0.3, -0.25) is 0 Å². The van der Waals surface area contributed by atoms with Gasteiger partial charge in [0.15, 0.2) is 0 Å². The summed E-state index contributed by atoms with van der Waals surface area (Å²) in [6.45, 7) is 0. The zero-order chi connectivity index (χ0) is 20.6. The number of hydrogen-bond donors (Lipinski definition) is 1. The van der Waals surface area contributed by atoms with Crippen LogP contribution in [0.5, 0.6) is 0 Å². The topological polar surface area (TPSA) is 12.0 Å². The van der Waals surface area contributed by atoms with Gasteiger partial charge in [-0.05, 0) is 45.5 Å². The van der Waals surface area contributed by atoms with Crippen LogP contribution >= 0.6 is 0 Å². The molecular formula is C30H21N. The van der Waals surface area contributed by atoms with Crippen molar-refractivity contribution in [1.29, 1.82) is 0 Å². The maximum atomic E-state index is 3.75. The molecule has 0 aromatic heterocycles. The third-order valence-corrected chi connectivity index (χ3v) is 6.07. The second-order valence-corrected chi connectivity index (χ2v) is 7.85. The quantitative estimate of drug-likeness (QED) is 0.272. The second-order valence-electron chi connectivity index (χ2n) is 7.85. The molecule has 0 spiro atoms. The Morgan fingerprint density at radius 1 is 0.258 bits per heavy atom. The van der Waals surface area contributed by atoms with Crippen LogP contribution in [0.1, 0.15) is 0 Å². The molecule has 0 saturated carbocycles. The van der Waals surface area contributed by atoms with Gasteiger partial charge in [0.1, 0.15) is 0 Å². The number of hydrogen-bond acceptors (Lipinski definition) is 1. The number of rotatable bonds is 0. The fourth-order valence-electron chi connectivity index (χ4n) is 4.66. The van der Waals surface area contributed by atoms with Crippen molar-refractivity contribution in [2.24, 2.45) is 0 Å². The molecule has 0 saturated heterocycles. The van der Waals surface area contributed by atoms with E-state index < -0.39 is 0 Å². The van der Waals surface area contributed by atoms with E-state index in [0.717, 1.165) is 11.4 Å². The van der Waals surface area contributed by atoms with E-state index in [1.807, 2.05) is 0 Å². The Balaban J connectivity index is 1.79. The monoisotopic (exact) mass is 395 g/mol. The Hall–Kier alpha value is -4.10. The summed E-state index contributed by atoms with van der Waals surface area (Å²) in [7, 11) is 0. The van der Waals surface area contributed by atoms with Crippen molar-refractivity contribution in [1.82, 2.24) is 0 Å². The lowest BCUT2D eigenvalue weighted by atomic mass is 9.87. The van der Waals surface area contributed by atoms with Crippen LogP contribution in [-0.2, 0) is 0 Å². The van der Waals surface area contributed by atoms with Crippen LogP contribution in [-0.4, -0.2) is 0 Å². The zero-order valence-corrected chi connectivity index (χ0v) is 17.0. The molecule has 0 unspecified atom stereocenters. The molecule has 1 N–H and O–H groups in total. The van der Waals surface area contributed by atoms with Gasteiger partial charge in [0.2, 0.25) is 0 Å². The third-order valence-electron chi connectivity index (χ3n) is 6.07. The molecule has 0 bridgehead atoms. The third kappa shape index (κ3) is 2.94. The summed E-state index contributed by atoms with van der Waals surface area (Å²) in [6, 6.07) is 43.3. The molecule has 6 rings (SSSR count). The van der Waals surface area contributed by atoms with E-state index in [2.05, 4.69) is 127 Å². The Morgan fingerprint density at radius 2 is 0.484 bits per heavy atom. The summed E-state index contributed by atoms with van der Waals surface area (Å²) in [5.41, 5.74) is 12.1. The molecule has 0 radical (unpaired) electrons. The van der Waals surface area contributed by atoms with Crippen LogP contribution in [0, 0.1) is 0 Å². The number of nitrogens with one attached hydrogen (secondary N) is 1. The molecule has 1 aliphatic heterocycles. The van der Waals surface area contributed by atoms with Crippen LogP contribution < -0.4 is 5.32 Å². The van der Waals surface area contributed by atoms with E-state index in [1.165, 1.54) is 44.5 Å². The van der Waals surface area contributed by atoms with Crippen LogP contribution in [0.3, 0.4) is 0 Å². The van der Waals surface area contributed by atoms with E-state index in [-0.39, 0.29) is 0 Å². The van der Waals surface area contributed by atoms with Gasteiger partial charge in [0.25, 0.3) is 0 Å². The van der Waals surface area contributed by atoms with Crippen LogP contribution in [0.15, 0.2) is 121 Å². The summed E-state index contributed by atoms with van der Waals surface area (Å²) in [4.78, 5) is 0. The van der Waals surface area contributed by atoms with Gasteiger partial charge >= 0.3 is 0 Å². The Bertz CT molecular complexity index is 1310. The van der Waals surface area contributed by atoms with Crippen molar-refractivity contribution in [2.75, 3.05) is 5.32 Å². The first-order valence-electron chi connectivity index (χ1n) is 10.6. The molecule has 5 aromatic rings. The molecule has 5 aromatic carbocycles. The van der Waals surface area contributed by atoms with E-state index in [0.29, 0.717) is 0 Å². The van der Waals surface area contributed by atoms with E-state index in [1.54, 1.807) is 0 Å². The maximum Gasteiger partial charge on any atom is 0.0464 e. The summed E-state index contributed by atoms with van der Waals surface area (Å²) >= 11 is 0. The standard InChI is InChI=1S/C30H21N/c1-2-12-22-21(11-1)23-13-3-5-15-25(23)27-17-7-9-19-29(27)31-30-20-10-8-18-28(30)26-16-6-4-14-24(22)26/h1-20,31H. The van der Waals surface area contributed by atoms with Gasteiger partial charge in [0, 0.05) is 22.5 Å². The lowest BCUT2D eigenvalue weighted by molar-refractivity contribution is 1.53. The molecular weight excluding hydrogens is 374 g/mol. The predicted molar refractivity (Wildman–Crippen MR) is 131 cm³/mol. The van der Waals surface area contributed by atoms with Gasteiger partial charge < -0.3 is 5.32 Å². The minimum Gasteiger partial charge on any atom is -0.355 e. The molecule has 1 heterocycles. The molecule has 0 amide bonds. The fourth-order valence-corrected chi connectivity index (χ4v) is 4.66. The summed E-state index contributed by atoms with van der Waals surface area (Å²) in [6.07, 6.45) is 0. The smallest absolute Gasteiger partial charge is 0.0464 e. The van der Waals surface area contributed by atoms with E-state index in [4.69, 9.17) is 0 Å². The van der Waals surface area contributed by atoms with Crippen molar-refractivity contribution in [3.05, 3.63) is 121 Å². The van der Waals surface area contributed by atoms with Crippen molar-refractivity contribution >= 4 is 11.4 Å². The highest BCUT2D eigenvalue weighted by molar-refractivity contribution is 6.00. The highest BCUT2D eigenvalue weighted by Gasteiger charge is 2.19. The SMILES string of the molecule is c1ccc2c(c1)Nc1ccccc1-c1ccccc1-c1ccccc1-c1ccccc1-2. The predicted octanol–water partition coefficient (Wildman–Crippen LogP) is 8.41. The zero-order valence-electron chi connectivity index (χ0n) is 17.0. The number of para-hydroxylation sites is 2. The molecule has 31 heavy (non-hydrogen) atoms. The molecule has 1 heteroatoms. The van der Waals surface area contributed by atoms with Gasteiger partial charge in [-0.1, -0.05) is 109 Å². The van der Waals surface area contributed by atoms with Crippen LogP contribution in [0.4, 0.5) is 11.4 Å². The molecule has 0 aliphatic carbocycles. The summed E-state index contributed by atoms with van der Waals surface area (Å²) in [5.74, 6) is 0. The second kappa shape index (κ2) is 7.30. The van der Waals surface area contributed by atoms with E-state index in [9.17, 15) is 0 Å². The first kappa shape index (κ1) is 17.7. The molecule has 1 nitrogen and oxygen atoms in total. The first-order chi connectivity index (χ1) is 15.4. The number of fused-ring (bicyclic) bond motifs is 9. The normalized spacial score (nSPS) is 11.5. The largest absolute Gasteiger partial charge is 0.355 e. The Labute approximate surface area is 182 Å². The Kier molecular flexibility index (Phi) is 4.18. The average molecular weight is 396 g/mol. The molecule has 0 atom stereocenters. The van der Waals surface area contributed by atoms with Crippen molar-refractivity contribution in [2.45, 2.75) is 0 Å². The molecule has 146 valence electrons. The minimum atomic E-state index is 1.11. The maximum absolute atomic E-state index is 3.75. The number of benzene rings is 5. The Morgan fingerprint density at radius 3 is 0.806 bits per heavy atom. The van der Waals surface area contributed by atoms with Crippen molar-refractivity contribution < 1.29 is 0 Å². The summed E-state index contributed by atoms with van der Waals surface area (Å²) in [5, 5.41) is 3.75. The number of anilines is 2. The summed E-state index contributed by atoms with van der Waals surface area (Å²) < 4.78 is 0. The highest BCUT2D eigenvalue weighted by Crippen LogP contribution is 2.45. The van der Waals surface area contributed by atoms with Crippen LogP contribution in [0.2, 0.25) is 0 Å². The minimum absolute atomic E-state index is 1.11. The van der Waals surface area contributed by atoms with Gasteiger partial charge in [-0.2, -0.15) is 0 Å². The van der Waals surface area contributed by atoms with Gasteiger partial charge in [-0.15, -0.1) is 0 Å². The molecule has 1 aliphatic rings. The van der Waals surface area contributed by atoms with Gasteiger partial charge in [0.05, 0.1) is 0 Å². The lowest BCUT2D eigenvalue weighted by Gasteiger charge is -2.17. The highest BCUT2D eigenvalue weighted by atomic mass is 14.9. The van der Waals surface area contributed by atoms with E-state index >= 15 is 0 Å². The fraction of sp³-hybridized carbons (Fsp3) is 0. The van der Waals surface area contributed by atoms with Crippen molar-refractivity contribution in [3.63, 3.8) is 0 Å². The lowest BCUT2D eigenvalue weighted by Crippen LogP contribution is -1.96. The van der Waals surface area contributed by atoms with Crippen molar-refractivity contribution in [3.8, 4) is 44.5 Å². The molecule has 0 fully saturated rings. The first-order valence-corrected chi connectivity index (χ1v) is 10.6.